The highest BCUT2D eigenvalue weighted by molar-refractivity contribution is 5.77. The molecule has 8 nitrogen and oxygen atoms in total. The molecule has 5 aromatic rings. The van der Waals surface area contributed by atoms with Crippen molar-refractivity contribution in [2.75, 3.05) is 18.4 Å². The molecule has 1 aromatic carbocycles. The Morgan fingerprint density at radius 1 is 1.00 bits per heavy atom. The second-order valence-electron chi connectivity index (χ2n) is 9.52. The van der Waals surface area contributed by atoms with E-state index in [1.54, 1.807) is 10.6 Å². The van der Waals surface area contributed by atoms with E-state index >= 15 is 4.39 Å². The molecule has 6 rings (SSSR count). The van der Waals surface area contributed by atoms with Crippen molar-refractivity contribution in [2.45, 2.75) is 39.3 Å². The Kier molecular flexibility index (Phi) is 6.36. The summed E-state index contributed by atoms with van der Waals surface area (Å²) in [5.74, 6) is 0.491. The largest absolute Gasteiger partial charge is 0.375 e. The molecule has 0 atom stereocenters. The van der Waals surface area contributed by atoms with Crippen molar-refractivity contribution in [3.8, 4) is 22.6 Å². The van der Waals surface area contributed by atoms with Gasteiger partial charge in [-0.15, -0.1) is 0 Å². The van der Waals surface area contributed by atoms with Gasteiger partial charge in [-0.05, 0) is 63.2 Å². The van der Waals surface area contributed by atoms with E-state index in [4.69, 9.17) is 9.97 Å². The van der Waals surface area contributed by atoms with Gasteiger partial charge < -0.3 is 10.3 Å². The average Bonchev–Trinajstić information content (AvgIpc) is 3.57. The van der Waals surface area contributed by atoms with E-state index in [9.17, 15) is 0 Å². The highest BCUT2D eigenvalue weighted by atomic mass is 19.1. The summed E-state index contributed by atoms with van der Waals surface area (Å²) in [7, 11) is 0. The smallest absolute Gasteiger partial charge is 0.155 e. The maximum absolute atomic E-state index is 15.4. The van der Waals surface area contributed by atoms with Gasteiger partial charge in [0.05, 0.1) is 29.3 Å². The van der Waals surface area contributed by atoms with E-state index in [1.165, 1.54) is 25.6 Å². The number of rotatable bonds is 7. The molecule has 0 spiro atoms. The molecule has 0 bridgehead atoms. The minimum Gasteiger partial charge on any atom is -0.375 e. The summed E-state index contributed by atoms with van der Waals surface area (Å²) in [4.78, 5) is 19.6. The zero-order valence-electron chi connectivity index (χ0n) is 20.8. The number of likely N-dealkylation sites (tertiary alicyclic amines) is 1. The third-order valence-corrected chi connectivity index (χ3v) is 6.81. The van der Waals surface area contributed by atoms with Crippen molar-refractivity contribution < 1.29 is 4.39 Å². The van der Waals surface area contributed by atoms with Crippen molar-refractivity contribution in [3.05, 3.63) is 84.0 Å². The number of nitrogens with one attached hydrogen (secondary N) is 2. The first-order valence-corrected chi connectivity index (χ1v) is 12.7. The molecular weight excluding hydrogens is 467 g/mol. The van der Waals surface area contributed by atoms with Gasteiger partial charge in [0.1, 0.15) is 12.2 Å². The maximum Gasteiger partial charge on any atom is 0.155 e. The van der Waals surface area contributed by atoms with Crippen molar-refractivity contribution in [1.29, 1.82) is 0 Å². The van der Waals surface area contributed by atoms with Crippen LogP contribution in [0.15, 0.2) is 61.1 Å². The Bertz CT molecular complexity index is 1530. The number of aryl methyl sites for hydroxylation is 1. The second-order valence-corrected chi connectivity index (χ2v) is 9.52. The number of hydrogen-bond acceptors (Lipinski definition) is 6. The molecule has 37 heavy (non-hydrogen) atoms. The average molecular weight is 497 g/mol. The van der Waals surface area contributed by atoms with Crippen LogP contribution in [0.25, 0.3) is 28.3 Å². The van der Waals surface area contributed by atoms with Crippen LogP contribution in [0.2, 0.25) is 0 Å². The van der Waals surface area contributed by atoms with E-state index in [0.717, 1.165) is 52.6 Å². The molecule has 1 aliphatic rings. The van der Waals surface area contributed by atoms with E-state index < -0.39 is 0 Å². The van der Waals surface area contributed by atoms with Crippen LogP contribution >= 0.6 is 0 Å². The number of benzene rings is 1. The standard InChI is InChI=1S/C28H29FN8/c1-19-7-5-10-23(33-19)28-27(21-11-12-25-31-18-32-37(25)17-21)34-24(35-28)15-30-22-9-6-8-20(26(22)29)16-36-13-3-2-4-14-36/h5-12,17-18,30H,2-4,13-16H2,1H3,(H,34,35). The maximum atomic E-state index is 15.4. The van der Waals surface area contributed by atoms with Gasteiger partial charge >= 0.3 is 0 Å². The lowest BCUT2D eigenvalue weighted by molar-refractivity contribution is 0.218. The number of anilines is 1. The van der Waals surface area contributed by atoms with Crippen LogP contribution in [0.3, 0.4) is 0 Å². The molecule has 0 aliphatic carbocycles. The molecule has 0 amide bonds. The molecule has 0 unspecified atom stereocenters. The number of halogens is 1. The molecule has 1 saturated heterocycles. The molecule has 188 valence electrons. The summed E-state index contributed by atoms with van der Waals surface area (Å²) in [6.45, 7) is 5.00. The third-order valence-electron chi connectivity index (χ3n) is 6.81. The van der Waals surface area contributed by atoms with E-state index in [0.29, 0.717) is 24.6 Å². The molecule has 1 fully saturated rings. The Hall–Kier alpha value is -4.11. The quantitative estimate of drug-likeness (QED) is 0.321. The van der Waals surface area contributed by atoms with Crippen LogP contribution in [-0.4, -0.2) is 47.5 Å². The lowest BCUT2D eigenvalue weighted by atomic mass is 10.1. The predicted octanol–water partition coefficient (Wildman–Crippen LogP) is 5.23. The number of nitrogens with zero attached hydrogens (tertiary/aromatic N) is 6. The minimum atomic E-state index is -0.197. The number of imidazole rings is 1. The number of aromatic amines is 1. The van der Waals surface area contributed by atoms with Crippen molar-refractivity contribution >= 4 is 11.3 Å². The molecule has 0 radical (unpaired) electrons. The second kappa shape index (κ2) is 10.1. The van der Waals surface area contributed by atoms with Crippen LogP contribution in [-0.2, 0) is 13.1 Å². The Labute approximate surface area is 214 Å². The van der Waals surface area contributed by atoms with Gasteiger partial charge in [-0.25, -0.2) is 18.9 Å². The Balaban J connectivity index is 1.28. The van der Waals surface area contributed by atoms with Crippen molar-refractivity contribution in [3.63, 3.8) is 0 Å². The number of fused-ring (bicyclic) bond motifs is 1. The van der Waals surface area contributed by atoms with Gasteiger partial charge in [-0.1, -0.05) is 24.6 Å². The minimum absolute atomic E-state index is 0.197. The Morgan fingerprint density at radius 2 is 1.86 bits per heavy atom. The number of hydrogen-bond donors (Lipinski definition) is 2. The summed E-state index contributed by atoms with van der Waals surface area (Å²) in [6, 6.07) is 15.3. The van der Waals surface area contributed by atoms with E-state index in [1.807, 2.05) is 55.6 Å². The summed E-state index contributed by atoms with van der Waals surface area (Å²) in [5.41, 5.74) is 6.11. The highest BCUT2D eigenvalue weighted by Crippen LogP contribution is 2.30. The summed E-state index contributed by atoms with van der Waals surface area (Å²) >= 11 is 0. The van der Waals surface area contributed by atoms with E-state index in [-0.39, 0.29) is 5.82 Å². The van der Waals surface area contributed by atoms with Crippen LogP contribution in [0.1, 0.15) is 36.3 Å². The normalized spacial score (nSPS) is 14.3. The van der Waals surface area contributed by atoms with Crippen molar-refractivity contribution in [2.24, 2.45) is 0 Å². The van der Waals surface area contributed by atoms with Crippen molar-refractivity contribution in [1.82, 2.24) is 34.4 Å². The topological polar surface area (TPSA) is 87.0 Å². The van der Waals surface area contributed by atoms with E-state index in [2.05, 4.69) is 25.3 Å². The lowest BCUT2D eigenvalue weighted by Crippen LogP contribution is -2.29. The summed E-state index contributed by atoms with van der Waals surface area (Å²) in [5, 5.41) is 7.51. The fourth-order valence-electron chi connectivity index (χ4n) is 4.92. The van der Waals surface area contributed by atoms with Gasteiger partial charge in [0, 0.05) is 29.6 Å². The molecule has 0 saturated carbocycles. The first-order valence-electron chi connectivity index (χ1n) is 12.7. The van der Waals surface area contributed by atoms with Crippen LogP contribution in [0, 0.1) is 12.7 Å². The van der Waals surface area contributed by atoms with Gasteiger partial charge in [0.15, 0.2) is 11.5 Å². The number of aromatic nitrogens is 6. The summed E-state index contributed by atoms with van der Waals surface area (Å²) < 4.78 is 17.1. The molecule has 5 heterocycles. The van der Waals surface area contributed by atoms with Gasteiger partial charge in [0.2, 0.25) is 0 Å². The SMILES string of the molecule is Cc1cccc(-c2[nH]c(CNc3cccc(CN4CCCCC4)c3F)nc2-c2ccc3ncnn3c2)n1. The highest BCUT2D eigenvalue weighted by Gasteiger charge is 2.18. The molecule has 9 heteroatoms. The first kappa shape index (κ1) is 23.3. The van der Waals surface area contributed by atoms with Crippen LogP contribution in [0.5, 0.6) is 0 Å². The number of piperidine rings is 1. The van der Waals surface area contributed by atoms with Crippen LogP contribution in [0.4, 0.5) is 10.1 Å². The third kappa shape index (κ3) is 4.95. The number of pyridine rings is 2. The number of H-pyrrole nitrogens is 1. The zero-order chi connectivity index (χ0) is 25.2. The molecule has 4 aromatic heterocycles. The first-order chi connectivity index (χ1) is 18.1. The van der Waals surface area contributed by atoms with Gasteiger partial charge in [-0.2, -0.15) is 5.10 Å². The fourth-order valence-corrected chi connectivity index (χ4v) is 4.92. The van der Waals surface area contributed by atoms with Crippen LogP contribution < -0.4 is 5.32 Å². The fraction of sp³-hybridized carbons (Fsp3) is 0.286. The molecule has 2 N–H and O–H groups in total. The zero-order valence-corrected chi connectivity index (χ0v) is 20.8. The summed E-state index contributed by atoms with van der Waals surface area (Å²) in [6.07, 6.45) is 7.05. The lowest BCUT2D eigenvalue weighted by Gasteiger charge is -2.26. The van der Waals surface area contributed by atoms with Gasteiger partial charge in [0.25, 0.3) is 0 Å². The molecule has 1 aliphatic heterocycles. The molecular formula is C28H29FN8. The monoisotopic (exact) mass is 496 g/mol. The Morgan fingerprint density at radius 3 is 2.73 bits per heavy atom. The predicted molar refractivity (Wildman–Crippen MR) is 141 cm³/mol. The van der Waals surface area contributed by atoms with Gasteiger partial charge in [-0.3, -0.25) is 9.88 Å².